The molecule has 70 valence electrons. The van der Waals surface area contributed by atoms with E-state index in [1.54, 1.807) is 12.1 Å². The molecule has 0 aliphatic carbocycles. The summed E-state index contributed by atoms with van der Waals surface area (Å²) in [7, 11) is 0. The number of benzene rings is 1. The van der Waals surface area contributed by atoms with Gasteiger partial charge < -0.3 is 0 Å². The Morgan fingerprint density at radius 1 is 1.54 bits per heavy atom. The Kier molecular flexibility index (Phi) is 3.71. The third-order valence-electron chi connectivity index (χ3n) is 1.45. The average Bonchev–Trinajstić information content (AvgIpc) is 2.02. The summed E-state index contributed by atoms with van der Waals surface area (Å²) in [4.78, 5) is 10.9. The van der Waals surface area contributed by atoms with E-state index in [0.717, 1.165) is 10.0 Å². The zero-order valence-corrected chi connectivity index (χ0v) is 9.02. The maximum atomic E-state index is 10.9. The first-order chi connectivity index (χ1) is 6.11. The normalized spacial score (nSPS) is 9.77. The first kappa shape index (κ1) is 10.5. The minimum Gasteiger partial charge on any atom is -0.294 e. The smallest absolute Gasteiger partial charge is 0.238 e. The second kappa shape index (κ2) is 4.60. The van der Waals surface area contributed by atoms with E-state index in [-0.39, 0.29) is 12.3 Å². The molecule has 0 atom stereocenters. The number of amides is 1. The van der Waals surface area contributed by atoms with E-state index >= 15 is 0 Å². The zero-order valence-electron chi connectivity index (χ0n) is 6.68. The summed E-state index contributed by atoms with van der Waals surface area (Å²) in [6, 6.07) is 5.30. The number of nitrogens with one attached hydrogen (secondary N) is 1. The highest BCUT2D eigenvalue weighted by Crippen LogP contribution is 2.19. The van der Waals surface area contributed by atoms with E-state index in [1.807, 2.05) is 6.07 Å². The maximum Gasteiger partial charge on any atom is 0.238 e. The Balaban J connectivity index is 2.83. The lowest BCUT2D eigenvalue weighted by molar-refractivity contribution is -0.120. The van der Waals surface area contributed by atoms with E-state index in [9.17, 15) is 4.79 Å². The molecular formula is C8H8BrClN2O. The zero-order chi connectivity index (χ0) is 9.84. The summed E-state index contributed by atoms with van der Waals surface area (Å²) in [6.07, 6.45) is 0.232. The molecule has 0 saturated carbocycles. The summed E-state index contributed by atoms with van der Waals surface area (Å²) in [5.41, 5.74) is 2.88. The largest absolute Gasteiger partial charge is 0.294 e. The van der Waals surface area contributed by atoms with Crippen molar-refractivity contribution in [3.05, 3.63) is 33.3 Å². The maximum absolute atomic E-state index is 10.9. The number of carbonyl (C=O) groups is 1. The topological polar surface area (TPSA) is 55.1 Å². The lowest BCUT2D eigenvalue weighted by Crippen LogP contribution is -2.31. The van der Waals surface area contributed by atoms with Crippen LogP contribution in [0.4, 0.5) is 0 Å². The van der Waals surface area contributed by atoms with Crippen molar-refractivity contribution >= 4 is 33.4 Å². The van der Waals surface area contributed by atoms with Gasteiger partial charge >= 0.3 is 0 Å². The fraction of sp³-hybridized carbons (Fsp3) is 0.125. The van der Waals surface area contributed by atoms with Crippen molar-refractivity contribution in [1.82, 2.24) is 5.43 Å². The number of nitrogens with two attached hydrogens (primary N) is 1. The fourth-order valence-electron chi connectivity index (χ4n) is 0.949. The van der Waals surface area contributed by atoms with Crippen LogP contribution in [0.5, 0.6) is 0 Å². The number of rotatable bonds is 2. The van der Waals surface area contributed by atoms with Gasteiger partial charge in [0.1, 0.15) is 0 Å². The van der Waals surface area contributed by atoms with Crippen LogP contribution in [-0.4, -0.2) is 5.91 Å². The van der Waals surface area contributed by atoms with Crippen molar-refractivity contribution in [2.24, 2.45) is 5.84 Å². The van der Waals surface area contributed by atoms with Gasteiger partial charge in [-0.1, -0.05) is 27.5 Å². The molecule has 5 heteroatoms. The highest BCUT2D eigenvalue weighted by Gasteiger charge is 2.02. The van der Waals surface area contributed by atoms with Gasteiger partial charge in [-0.05, 0) is 23.8 Å². The van der Waals surface area contributed by atoms with Crippen molar-refractivity contribution in [3.8, 4) is 0 Å². The van der Waals surface area contributed by atoms with Gasteiger partial charge in [0.15, 0.2) is 0 Å². The van der Waals surface area contributed by atoms with Gasteiger partial charge in [-0.25, -0.2) is 5.84 Å². The second-order valence-electron chi connectivity index (χ2n) is 2.52. The Bertz CT molecular complexity index is 310. The van der Waals surface area contributed by atoms with Gasteiger partial charge in [-0.3, -0.25) is 10.2 Å². The lowest BCUT2D eigenvalue weighted by atomic mass is 10.1. The molecule has 0 aliphatic heterocycles. The van der Waals surface area contributed by atoms with Gasteiger partial charge in [0.2, 0.25) is 5.91 Å². The van der Waals surface area contributed by atoms with Crippen LogP contribution in [0.3, 0.4) is 0 Å². The predicted octanol–water partition coefficient (Wildman–Crippen LogP) is 1.63. The minimum absolute atomic E-state index is 0.232. The van der Waals surface area contributed by atoms with Gasteiger partial charge in [-0.15, -0.1) is 0 Å². The Morgan fingerprint density at radius 3 is 2.77 bits per heavy atom. The Labute approximate surface area is 89.4 Å². The van der Waals surface area contributed by atoms with E-state index in [4.69, 9.17) is 17.4 Å². The van der Waals surface area contributed by atoms with Gasteiger partial charge in [0.05, 0.1) is 6.42 Å². The first-order valence-corrected chi connectivity index (χ1v) is 4.73. The molecule has 0 heterocycles. The van der Waals surface area contributed by atoms with E-state index in [0.29, 0.717) is 5.02 Å². The number of hydrogen-bond acceptors (Lipinski definition) is 2. The van der Waals surface area contributed by atoms with Crippen LogP contribution in [0.1, 0.15) is 5.56 Å². The Hall–Kier alpha value is -0.580. The van der Waals surface area contributed by atoms with Gasteiger partial charge in [-0.2, -0.15) is 0 Å². The predicted molar refractivity (Wildman–Crippen MR) is 55.2 cm³/mol. The molecule has 3 N–H and O–H groups in total. The van der Waals surface area contributed by atoms with Crippen LogP contribution in [0.15, 0.2) is 22.7 Å². The molecule has 1 aromatic carbocycles. The van der Waals surface area contributed by atoms with E-state index < -0.39 is 0 Å². The molecule has 13 heavy (non-hydrogen) atoms. The first-order valence-electron chi connectivity index (χ1n) is 3.56. The second-order valence-corrected chi connectivity index (χ2v) is 3.87. The molecule has 0 aromatic heterocycles. The fourth-order valence-corrected chi connectivity index (χ4v) is 1.88. The van der Waals surface area contributed by atoms with E-state index in [1.165, 1.54) is 0 Å². The molecular weight excluding hydrogens is 255 g/mol. The van der Waals surface area contributed by atoms with Crippen LogP contribution in [-0.2, 0) is 11.2 Å². The molecule has 1 rings (SSSR count). The quantitative estimate of drug-likeness (QED) is 0.484. The Morgan fingerprint density at radius 2 is 2.23 bits per heavy atom. The highest BCUT2D eigenvalue weighted by molar-refractivity contribution is 9.10. The van der Waals surface area contributed by atoms with Crippen molar-refractivity contribution in [3.63, 3.8) is 0 Å². The molecule has 0 bridgehead atoms. The van der Waals surface area contributed by atoms with Gasteiger partial charge in [0.25, 0.3) is 0 Å². The summed E-state index contributed by atoms with van der Waals surface area (Å²) in [5.74, 6) is 4.71. The average molecular weight is 264 g/mol. The summed E-state index contributed by atoms with van der Waals surface area (Å²) >= 11 is 9.06. The van der Waals surface area contributed by atoms with Crippen LogP contribution in [0.25, 0.3) is 0 Å². The number of hydrogen-bond donors (Lipinski definition) is 2. The van der Waals surface area contributed by atoms with Gasteiger partial charge in [0, 0.05) is 9.50 Å². The molecule has 0 saturated heterocycles. The third kappa shape index (κ3) is 3.34. The lowest BCUT2D eigenvalue weighted by Gasteiger charge is -2.01. The van der Waals surface area contributed by atoms with Crippen molar-refractivity contribution < 1.29 is 4.79 Å². The number of carbonyl (C=O) groups excluding carboxylic acids is 1. The molecule has 0 aliphatic rings. The third-order valence-corrected chi connectivity index (χ3v) is 2.12. The summed E-state index contributed by atoms with van der Waals surface area (Å²) in [6.45, 7) is 0. The molecule has 1 amide bonds. The van der Waals surface area contributed by atoms with E-state index in [2.05, 4.69) is 21.4 Å². The molecule has 1 aromatic rings. The molecule has 3 nitrogen and oxygen atoms in total. The summed E-state index contributed by atoms with van der Waals surface area (Å²) in [5, 5.41) is 0.592. The van der Waals surface area contributed by atoms with Crippen LogP contribution in [0, 0.1) is 0 Å². The number of hydrazine groups is 1. The van der Waals surface area contributed by atoms with Crippen LogP contribution < -0.4 is 11.3 Å². The van der Waals surface area contributed by atoms with Crippen molar-refractivity contribution in [2.75, 3.05) is 0 Å². The number of halogens is 2. The van der Waals surface area contributed by atoms with Crippen LogP contribution in [0.2, 0.25) is 5.02 Å². The van der Waals surface area contributed by atoms with Crippen molar-refractivity contribution in [2.45, 2.75) is 6.42 Å². The SMILES string of the molecule is NNC(=O)Cc1cc(Cl)cc(Br)c1. The molecule has 0 fully saturated rings. The van der Waals surface area contributed by atoms with Crippen LogP contribution >= 0.6 is 27.5 Å². The standard InChI is InChI=1S/C8H8BrClN2O/c9-6-1-5(2-7(10)4-6)3-8(13)12-11/h1-2,4H,3,11H2,(H,12,13). The molecule has 0 radical (unpaired) electrons. The monoisotopic (exact) mass is 262 g/mol. The minimum atomic E-state index is -0.242. The molecule has 0 unspecified atom stereocenters. The van der Waals surface area contributed by atoms with Crippen molar-refractivity contribution in [1.29, 1.82) is 0 Å². The summed E-state index contributed by atoms with van der Waals surface area (Å²) < 4.78 is 0.847. The highest BCUT2D eigenvalue weighted by atomic mass is 79.9. The molecule has 0 spiro atoms.